The Morgan fingerprint density at radius 1 is 0.649 bits per heavy atom. The molecule has 37 heavy (non-hydrogen) atoms. The molecule has 5 rings (SSSR count). The van der Waals surface area contributed by atoms with Gasteiger partial charge in [-0.05, 0) is 83.6 Å². The summed E-state index contributed by atoms with van der Waals surface area (Å²) in [5, 5.41) is 14.6. The molecular formula is C29H25N3O4S. The molecule has 0 bridgehead atoms. The molecule has 0 saturated carbocycles. The van der Waals surface area contributed by atoms with E-state index in [2.05, 4.69) is 5.32 Å². The summed E-state index contributed by atoms with van der Waals surface area (Å²) in [5.74, 6) is -0.336. The first kappa shape index (κ1) is 25.3. The molecule has 7 nitrogen and oxygen atoms in total. The first-order chi connectivity index (χ1) is 17.7. The predicted octanol–water partition coefficient (Wildman–Crippen LogP) is 5.48. The minimum atomic E-state index is -3.48. The summed E-state index contributed by atoms with van der Waals surface area (Å²) in [7, 11) is -3.48. The lowest BCUT2D eigenvalue weighted by atomic mass is 10.1. The Balaban J connectivity index is 0.000000176. The summed E-state index contributed by atoms with van der Waals surface area (Å²) >= 11 is 0. The summed E-state index contributed by atoms with van der Waals surface area (Å²) in [6.45, 7) is 0. The predicted molar refractivity (Wildman–Crippen MR) is 147 cm³/mol. The van der Waals surface area contributed by atoms with Gasteiger partial charge in [0.1, 0.15) is 5.75 Å². The molecule has 0 saturated heterocycles. The zero-order chi connectivity index (χ0) is 26.4. The SMILES string of the molecule is Nc1ccc(S(=O)(=O)c2ccc(N)cc2)cc1.O=C(Nc1ccccc1)c1cc2ccccc2cc1O. The van der Waals surface area contributed by atoms with E-state index in [0.717, 1.165) is 10.8 Å². The van der Waals surface area contributed by atoms with Crippen molar-refractivity contribution >= 4 is 43.6 Å². The molecule has 0 aromatic heterocycles. The Labute approximate surface area is 214 Å². The molecule has 0 unspecified atom stereocenters. The number of rotatable bonds is 4. The van der Waals surface area contributed by atoms with Crippen molar-refractivity contribution in [3.05, 3.63) is 121 Å². The quantitative estimate of drug-likeness (QED) is 0.236. The lowest BCUT2D eigenvalue weighted by Crippen LogP contribution is -2.11. The zero-order valence-corrected chi connectivity index (χ0v) is 20.5. The molecule has 0 aliphatic heterocycles. The highest BCUT2D eigenvalue weighted by molar-refractivity contribution is 7.91. The second-order valence-corrected chi connectivity index (χ2v) is 10.1. The average Bonchev–Trinajstić information content (AvgIpc) is 2.90. The standard InChI is InChI=1S/C17H13NO2.C12H12N2O2S/c19-16-11-13-7-5-4-6-12(13)10-15(16)17(20)18-14-8-2-1-3-9-14;13-9-1-5-11(6-2-9)17(15,16)12-7-3-10(14)4-8-12/h1-11,19H,(H,18,20);1-8H,13-14H2. The van der Waals surface area contributed by atoms with Crippen LogP contribution in [0, 0.1) is 0 Å². The van der Waals surface area contributed by atoms with Gasteiger partial charge < -0.3 is 21.9 Å². The van der Waals surface area contributed by atoms with Crippen molar-refractivity contribution in [3.8, 4) is 5.75 Å². The smallest absolute Gasteiger partial charge is 0.259 e. The van der Waals surface area contributed by atoms with Crippen LogP contribution in [0.25, 0.3) is 10.8 Å². The number of fused-ring (bicyclic) bond motifs is 1. The van der Waals surface area contributed by atoms with Gasteiger partial charge in [0.25, 0.3) is 5.91 Å². The van der Waals surface area contributed by atoms with Gasteiger partial charge in [0.15, 0.2) is 0 Å². The number of nitrogens with two attached hydrogens (primary N) is 2. The normalized spacial score (nSPS) is 10.8. The van der Waals surface area contributed by atoms with E-state index in [0.29, 0.717) is 17.1 Å². The van der Waals surface area contributed by atoms with Crippen LogP contribution in [0.4, 0.5) is 17.1 Å². The molecule has 8 heteroatoms. The number of carbonyl (C=O) groups is 1. The van der Waals surface area contributed by atoms with Gasteiger partial charge in [0.05, 0.1) is 15.4 Å². The molecule has 0 spiro atoms. The number of phenols is 1. The lowest BCUT2D eigenvalue weighted by molar-refractivity contribution is 0.102. The molecule has 0 aliphatic rings. The fraction of sp³-hybridized carbons (Fsp3) is 0. The number of hydrogen-bond acceptors (Lipinski definition) is 6. The minimum absolute atomic E-state index is 0.0165. The maximum Gasteiger partial charge on any atom is 0.259 e. The molecule has 0 aliphatic carbocycles. The van der Waals surface area contributed by atoms with Crippen LogP contribution in [-0.2, 0) is 9.84 Å². The summed E-state index contributed by atoms with van der Waals surface area (Å²) in [5.41, 5.74) is 13.1. The van der Waals surface area contributed by atoms with E-state index in [1.165, 1.54) is 24.3 Å². The molecule has 0 atom stereocenters. The van der Waals surface area contributed by atoms with E-state index in [1.807, 2.05) is 42.5 Å². The summed E-state index contributed by atoms with van der Waals surface area (Å²) in [4.78, 5) is 12.6. The Bertz CT molecular complexity index is 1580. The number of para-hydroxylation sites is 1. The van der Waals surface area contributed by atoms with Crippen LogP contribution < -0.4 is 16.8 Å². The Hall–Kier alpha value is -4.82. The fourth-order valence-electron chi connectivity index (χ4n) is 3.56. The second-order valence-electron chi connectivity index (χ2n) is 8.18. The van der Waals surface area contributed by atoms with Crippen LogP contribution in [0.5, 0.6) is 5.75 Å². The third-order valence-electron chi connectivity index (χ3n) is 5.52. The zero-order valence-electron chi connectivity index (χ0n) is 19.7. The highest BCUT2D eigenvalue weighted by atomic mass is 32.2. The Morgan fingerprint density at radius 3 is 1.62 bits per heavy atom. The maximum atomic E-state index is 12.2. The van der Waals surface area contributed by atoms with Crippen LogP contribution >= 0.6 is 0 Å². The fourth-order valence-corrected chi connectivity index (χ4v) is 4.82. The number of aromatic hydroxyl groups is 1. The number of carbonyl (C=O) groups excluding carboxylic acids is 1. The van der Waals surface area contributed by atoms with Crippen molar-refractivity contribution < 1.29 is 18.3 Å². The van der Waals surface area contributed by atoms with Crippen LogP contribution in [-0.4, -0.2) is 19.4 Å². The topological polar surface area (TPSA) is 136 Å². The number of phenolic OH excluding ortho intramolecular Hbond substituents is 1. The maximum absolute atomic E-state index is 12.2. The van der Waals surface area contributed by atoms with Crippen molar-refractivity contribution in [1.82, 2.24) is 0 Å². The Kier molecular flexibility index (Phi) is 7.41. The second kappa shape index (κ2) is 10.8. The van der Waals surface area contributed by atoms with Crippen molar-refractivity contribution in [1.29, 1.82) is 0 Å². The van der Waals surface area contributed by atoms with Crippen LogP contribution in [0.3, 0.4) is 0 Å². The highest BCUT2D eigenvalue weighted by Gasteiger charge is 2.17. The number of benzene rings is 5. The number of nitrogens with one attached hydrogen (secondary N) is 1. The molecule has 6 N–H and O–H groups in total. The van der Waals surface area contributed by atoms with Crippen molar-refractivity contribution in [2.45, 2.75) is 9.79 Å². The minimum Gasteiger partial charge on any atom is -0.507 e. The summed E-state index contributed by atoms with van der Waals surface area (Å²) < 4.78 is 24.3. The number of amides is 1. The highest BCUT2D eigenvalue weighted by Crippen LogP contribution is 2.26. The van der Waals surface area contributed by atoms with Crippen LogP contribution in [0.15, 0.2) is 125 Å². The van der Waals surface area contributed by atoms with E-state index in [1.54, 1.807) is 48.5 Å². The monoisotopic (exact) mass is 511 g/mol. The number of hydrogen-bond donors (Lipinski definition) is 4. The molecule has 0 fully saturated rings. The van der Waals surface area contributed by atoms with Crippen molar-refractivity contribution in [2.24, 2.45) is 0 Å². The number of sulfone groups is 1. The lowest BCUT2D eigenvalue weighted by Gasteiger charge is -2.08. The Morgan fingerprint density at radius 2 is 1.11 bits per heavy atom. The third-order valence-corrected chi connectivity index (χ3v) is 7.31. The summed E-state index contributed by atoms with van der Waals surface area (Å²) in [6.07, 6.45) is 0. The third kappa shape index (κ3) is 6.06. The van der Waals surface area contributed by atoms with E-state index < -0.39 is 9.84 Å². The van der Waals surface area contributed by atoms with Crippen molar-refractivity contribution in [2.75, 3.05) is 16.8 Å². The molecule has 0 heterocycles. The van der Waals surface area contributed by atoms with E-state index >= 15 is 0 Å². The average molecular weight is 512 g/mol. The molecule has 5 aromatic carbocycles. The van der Waals surface area contributed by atoms with Gasteiger partial charge in [-0.25, -0.2) is 8.42 Å². The van der Waals surface area contributed by atoms with Gasteiger partial charge in [-0.2, -0.15) is 0 Å². The largest absolute Gasteiger partial charge is 0.507 e. The van der Waals surface area contributed by atoms with Crippen molar-refractivity contribution in [3.63, 3.8) is 0 Å². The van der Waals surface area contributed by atoms with Gasteiger partial charge in [-0.15, -0.1) is 0 Å². The van der Waals surface area contributed by atoms with Crippen LogP contribution in [0.1, 0.15) is 10.4 Å². The van der Waals surface area contributed by atoms with Gasteiger partial charge in [-0.1, -0.05) is 42.5 Å². The van der Waals surface area contributed by atoms with E-state index in [-0.39, 0.29) is 27.0 Å². The first-order valence-electron chi connectivity index (χ1n) is 11.3. The van der Waals surface area contributed by atoms with Gasteiger partial charge in [0.2, 0.25) is 9.84 Å². The van der Waals surface area contributed by atoms with Gasteiger partial charge >= 0.3 is 0 Å². The number of anilines is 3. The van der Waals surface area contributed by atoms with Gasteiger partial charge in [0, 0.05) is 17.1 Å². The molecule has 5 aromatic rings. The van der Waals surface area contributed by atoms with Gasteiger partial charge in [-0.3, -0.25) is 4.79 Å². The molecule has 186 valence electrons. The van der Waals surface area contributed by atoms with E-state index in [4.69, 9.17) is 11.5 Å². The molecular weight excluding hydrogens is 486 g/mol. The molecule has 1 amide bonds. The van der Waals surface area contributed by atoms with E-state index in [9.17, 15) is 18.3 Å². The first-order valence-corrected chi connectivity index (χ1v) is 12.8. The van der Waals surface area contributed by atoms with Crippen LogP contribution in [0.2, 0.25) is 0 Å². The summed E-state index contributed by atoms with van der Waals surface area (Å²) in [6, 6.07) is 32.3. The number of nitrogen functional groups attached to an aromatic ring is 2. The molecule has 0 radical (unpaired) electrons.